The molecule has 4 N–H and O–H groups in total. The number of ether oxygens (including phenoxy) is 4. The van der Waals surface area contributed by atoms with Gasteiger partial charge in [-0.15, -0.1) is 0 Å². The van der Waals surface area contributed by atoms with E-state index in [4.69, 9.17) is 23.9 Å². The normalized spacial score (nSPS) is 25.4. The fraction of sp³-hybridized carbons (Fsp3) is 0.515. The van der Waals surface area contributed by atoms with Gasteiger partial charge < -0.3 is 49.1 Å². The van der Waals surface area contributed by atoms with Crippen LogP contribution >= 0.6 is 0 Å². The summed E-state index contributed by atoms with van der Waals surface area (Å²) in [5.74, 6) is 0.619. The molecular formula is C66H82N10O10S. The number of piperazine rings is 1. The molecule has 4 aromatic carbocycles. The molecule has 20 nitrogen and oxygen atoms in total. The van der Waals surface area contributed by atoms with E-state index in [2.05, 4.69) is 109 Å². The topological polar surface area (TPSA) is 220 Å². The molecule has 7 aliphatic rings. The Kier molecular flexibility index (Phi) is 16.4. The van der Waals surface area contributed by atoms with Gasteiger partial charge in [0.05, 0.1) is 64.7 Å². The summed E-state index contributed by atoms with van der Waals surface area (Å²) in [7, 11) is -4.65. The number of fused-ring (bicyclic) bond motifs is 3. The van der Waals surface area contributed by atoms with E-state index in [9.17, 15) is 28.4 Å². The molecule has 5 aliphatic heterocycles. The van der Waals surface area contributed by atoms with E-state index in [0.717, 1.165) is 120 Å². The van der Waals surface area contributed by atoms with Gasteiger partial charge in [-0.3, -0.25) is 24.7 Å². The quantitative estimate of drug-likeness (QED) is 0.0523. The number of rotatable bonds is 16. The molecule has 1 spiro atoms. The number of nitro benzene ring substituents is 1. The van der Waals surface area contributed by atoms with Gasteiger partial charge in [-0.05, 0) is 163 Å². The Morgan fingerprint density at radius 2 is 1.66 bits per heavy atom. The number of nitrogens with one attached hydrogen (secondary N) is 3. The van der Waals surface area contributed by atoms with Crippen LogP contribution in [0.2, 0.25) is 0 Å². The van der Waals surface area contributed by atoms with Crippen LogP contribution in [0.1, 0.15) is 113 Å². The van der Waals surface area contributed by atoms with Crippen LogP contribution in [0.25, 0.3) is 11.0 Å². The summed E-state index contributed by atoms with van der Waals surface area (Å²) in [6.07, 6.45) is 8.95. The minimum absolute atomic E-state index is 0.0459. The molecule has 21 heteroatoms. The lowest BCUT2D eigenvalue weighted by atomic mass is 9.59. The predicted molar refractivity (Wildman–Crippen MR) is 335 cm³/mol. The first-order valence-electron chi connectivity index (χ1n) is 31.3. The van der Waals surface area contributed by atoms with Crippen LogP contribution < -0.4 is 34.2 Å². The maximum Gasteiger partial charge on any atom is 0.293 e. The summed E-state index contributed by atoms with van der Waals surface area (Å²) in [5.41, 5.74) is 5.79. The van der Waals surface area contributed by atoms with Gasteiger partial charge in [-0.25, -0.2) is 13.1 Å². The lowest BCUT2D eigenvalue weighted by Gasteiger charge is -2.58. The molecule has 6 aromatic rings. The van der Waals surface area contributed by atoms with Gasteiger partial charge in [0.15, 0.2) is 0 Å². The highest BCUT2D eigenvalue weighted by atomic mass is 32.2. The van der Waals surface area contributed by atoms with E-state index in [1.165, 1.54) is 28.9 Å². The minimum Gasteiger partial charge on any atom is -0.491 e. The number of hydrogen-bond donors (Lipinski definition) is 4. The van der Waals surface area contributed by atoms with Crippen molar-refractivity contribution in [1.82, 2.24) is 24.5 Å². The van der Waals surface area contributed by atoms with Crippen LogP contribution in [0.4, 0.5) is 34.1 Å². The van der Waals surface area contributed by atoms with Gasteiger partial charge in [-0.1, -0.05) is 30.3 Å². The van der Waals surface area contributed by atoms with Gasteiger partial charge in [0.1, 0.15) is 28.9 Å². The molecule has 2 aliphatic carbocycles. The third kappa shape index (κ3) is 12.3. The van der Waals surface area contributed by atoms with Crippen molar-refractivity contribution in [3.63, 3.8) is 0 Å². The van der Waals surface area contributed by atoms with E-state index in [1.807, 2.05) is 37.4 Å². The lowest BCUT2D eigenvalue weighted by molar-refractivity contribution is -0.384. The molecular weight excluding hydrogens is 1120 g/mol. The molecule has 6 fully saturated rings. The number of amides is 1. The number of carbonyl (C=O) groups is 1. The Morgan fingerprint density at radius 3 is 2.43 bits per heavy atom. The van der Waals surface area contributed by atoms with E-state index in [0.29, 0.717) is 74.0 Å². The number of sulfonamides is 1. The summed E-state index contributed by atoms with van der Waals surface area (Å²) < 4.78 is 55.7. The van der Waals surface area contributed by atoms with Gasteiger partial charge in [-0.2, -0.15) is 4.98 Å². The Morgan fingerprint density at radius 1 is 0.885 bits per heavy atom. The first kappa shape index (κ1) is 59.0. The molecule has 1 amide bonds. The summed E-state index contributed by atoms with van der Waals surface area (Å²) >= 11 is 0. The van der Waals surface area contributed by atoms with Crippen molar-refractivity contribution >= 4 is 61.1 Å². The lowest BCUT2D eigenvalue weighted by Crippen LogP contribution is -2.59. The number of aromatic amines is 1. The fourth-order valence-electron chi connectivity index (χ4n) is 14.8. The molecule has 462 valence electrons. The fourth-order valence-corrected chi connectivity index (χ4v) is 15.8. The van der Waals surface area contributed by atoms with E-state index in [1.54, 1.807) is 6.07 Å². The number of morpholine rings is 1. The number of aliphatic hydroxyl groups is 1. The molecule has 0 radical (unpaired) electrons. The Hall–Kier alpha value is -7.01. The Bertz CT molecular complexity index is 3590. The first-order valence-corrected chi connectivity index (χ1v) is 32.8. The molecule has 4 atom stereocenters. The van der Waals surface area contributed by atoms with Crippen molar-refractivity contribution in [2.75, 3.05) is 92.3 Å². The molecule has 87 heavy (non-hydrogen) atoms. The van der Waals surface area contributed by atoms with Crippen molar-refractivity contribution in [3.05, 3.63) is 130 Å². The number of nitro groups is 1. The second-order valence-electron chi connectivity index (χ2n) is 26.1. The number of H-pyrrole nitrogens is 1. The Labute approximate surface area is 509 Å². The maximum atomic E-state index is 14.9. The number of anilines is 5. The van der Waals surface area contributed by atoms with Crippen molar-refractivity contribution in [3.8, 4) is 11.6 Å². The zero-order valence-corrected chi connectivity index (χ0v) is 51.2. The summed E-state index contributed by atoms with van der Waals surface area (Å²) in [4.78, 5) is 46.7. The predicted octanol–water partition coefficient (Wildman–Crippen LogP) is 9.95. The number of benzene rings is 4. The molecule has 4 saturated heterocycles. The zero-order chi connectivity index (χ0) is 60.2. The average molecular weight is 1210 g/mol. The smallest absolute Gasteiger partial charge is 0.293 e. The van der Waals surface area contributed by atoms with Gasteiger partial charge in [0.2, 0.25) is 5.88 Å². The monoisotopic (exact) mass is 1210 g/mol. The van der Waals surface area contributed by atoms with Crippen molar-refractivity contribution in [1.29, 1.82) is 0 Å². The van der Waals surface area contributed by atoms with Crippen LogP contribution in [-0.4, -0.2) is 152 Å². The summed E-state index contributed by atoms with van der Waals surface area (Å²) in [5, 5.41) is 26.9. The van der Waals surface area contributed by atoms with Crippen LogP contribution in [0.5, 0.6) is 11.6 Å². The van der Waals surface area contributed by atoms with Gasteiger partial charge in [0.25, 0.3) is 21.6 Å². The average Bonchev–Trinajstić information content (AvgIpc) is 1.61. The van der Waals surface area contributed by atoms with E-state index < -0.39 is 43.1 Å². The summed E-state index contributed by atoms with van der Waals surface area (Å²) in [6, 6.07) is 31.6. The van der Waals surface area contributed by atoms with Crippen LogP contribution in [0.15, 0.2) is 108 Å². The molecule has 2 aromatic heterocycles. The SMILES string of the molecule is CC(C)Oc1ccccc1[C@H]1CN(Cc2ccc(N3CCOC[C@H]3C)cc2)CCN1C1CC2(CCN(c3ccc(C(=O)NS(=O)(=O)c4ccc(NC[C@H]5CC[C@](C)(O)CC5)c([N+](=O)[O-])c4)c(N4c5cc6cc[nH]c6nc5O[C@H]5COCC[C@@H]54)c3)CC2)C1. The number of hydrogen-bond acceptors (Lipinski definition) is 17. The number of aromatic nitrogens is 2. The van der Waals surface area contributed by atoms with Crippen LogP contribution in [0, 0.1) is 21.4 Å². The zero-order valence-electron chi connectivity index (χ0n) is 50.4. The number of piperidine rings is 1. The second-order valence-corrected chi connectivity index (χ2v) is 27.8. The minimum atomic E-state index is -4.65. The maximum absolute atomic E-state index is 14.9. The third-order valence-electron chi connectivity index (χ3n) is 19.7. The molecule has 7 heterocycles. The van der Waals surface area contributed by atoms with E-state index >= 15 is 0 Å². The number of pyridine rings is 1. The highest BCUT2D eigenvalue weighted by Crippen LogP contribution is 2.54. The highest BCUT2D eigenvalue weighted by Gasteiger charge is 2.51. The third-order valence-corrected chi connectivity index (χ3v) is 21.1. The van der Waals surface area contributed by atoms with E-state index in [-0.39, 0.29) is 40.8 Å². The molecule has 13 rings (SSSR count). The van der Waals surface area contributed by atoms with Gasteiger partial charge in [0, 0.05) is 106 Å². The van der Waals surface area contributed by atoms with Crippen LogP contribution in [-0.2, 0) is 26.0 Å². The molecule has 0 bridgehead atoms. The van der Waals surface area contributed by atoms with Crippen molar-refractivity contribution < 1.29 is 42.2 Å². The highest BCUT2D eigenvalue weighted by molar-refractivity contribution is 7.90. The first-order chi connectivity index (χ1) is 41.9. The van der Waals surface area contributed by atoms with Crippen LogP contribution in [0.3, 0.4) is 0 Å². The molecule has 2 saturated carbocycles. The number of carbonyl (C=O) groups excluding carboxylic acids is 1. The van der Waals surface area contributed by atoms with Gasteiger partial charge >= 0.3 is 0 Å². The Balaban J connectivity index is 0.741. The largest absolute Gasteiger partial charge is 0.491 e. The molecule has 0 unspecified atom stereocenters. The number of nitrogens with zero attached hydrogens (tertiary/aromatic N) is 7. The second kappa shape index (κ2) is 24.2. The number of para-hydroxylation sites is 1. The summed E-state index contributed by atoms with van der Waals surface area (Å²) in [6.45, 7) is 17.1. The van der Waals surface area contributed by atoms with Crippen molar-refractivity contribution in [2.24, 2.45) is 11.3 Å². The standard InChI is InChI=1S/C66H82N10O10S/c1-43(2)85-60-8-6-5-7-52(60)59-40-71(39-46-9-11-48(12-10-46)73-30-32-84-41-44(73)3)28-29-74(59)50-36-66(37-50)23-26-72(27-24-66)49-13-15-53(56(34-49)75-55-20-31-83-42-61(55)86-64-58(75)33-47-19-25-67-62(47)69-64)63(77)70-87(81,82)51-14-16-54(57(35-51)76(79)80)68-38-45-17-21-65(4,78)22-18-45/h5-16,19,25,33-35,43-45,50,55,59,61,68,78H,17-18,20-24,26-32,36-42H2,1-4H3,(H,67,69)(H,70,77)/t44-,45-,55+,59-,61+,65-/m1/s1. The van der Waals surface area contributed by atoms with Crippen molar-refractivity contribution in [2.45, 2.75) is 139 Å².